The van der Waals surface area contributed by atoms with Crippen molar-refractivity contribution in [2.45, 2.75) is 45.1 Å². The first-order valence-corrected chi connectivity index (χ1v) is 7.23. The lowest BCUT2D eigenvalue weighted by molar-refractivity contribution is 0.0438. The smallest absolute Gasteiger partial charge is 0.0130 e. The number of nitrogens with two attached hydrogens (primary N) is 1. The van der Waals surface area contributed by atoms with Gasteiger partial charge in [0.2, 0.25) is 0 Å². The van der Waals surface area contributed by atoms with Gasteiger partial charge in [0.05, 0.1) is 0 Å². The molecular formula is C14H20IN. The van der Waals surface area contributed by atoms with Crippen molar-refractivity contribution >= 4 is 22.6 Å². The van der Waals surface area contributed by atoms with Gasteiger partial charge in [-0.2, -0.15) is 0 Å². The van der Waals surface area contributed by atoms with E-state index in [1.807, 2.05) is 0 Å². The number of hydrogen-bond acceptors (Lipinski definition) is 1. The van der Waals surface area contributed by atoms with Crippen molar-refractivity contribution in [1.29, 1.82) is 0 Å². The van der Waals surface area contributed by atoms with Crippen molar-refractivity contribution in [2.24, 2.45) is 11.1 Å². The largest absolute Gasteiger partial charge is 0.327 e. The molecule has 0 aromatic heterocycles. The van der Waals surface area contributed by atoms with E-state index >= 15 is 0 Å². The third-order valence-electron chi connectivity index (χ3n) is 4.51. The predicted molar refractivity (Wildman–Crippen MR) is 77.5 cm³/mol. The third-order valence-corrected chi connectivity index (χ3v) is 5.23. The summed E-state index contributed by atoms with van der Waals surface area (Å²) in [6, 6.07) is 9.36. The number of hydrogen-bond donors (Lipinski definition) is 1. The fraction of sp³-hybridized carbons (Fsp3) is 0.571. The fourth-order valence-electron chi connectivity index (χ4n) is 3.25. The zero-order chi connectivity index (χ0) is 11.8. The Morgan fingerprint density at radius 2 is 1.81 bits per heavy atom. The highest BCUT2D eigenvalue weighted by atomic mass is 127. The van der Waals surface area contributed by atoms with Gasteiger partial charge in [-0.25, -0.2) is 0 Å². The minimum absolute atomic E-state index is 0.354. The van der Waals surface area contributed by atoms with Gasteiger partial charge in [-0.05, 0) is 70.9 Å². The van der Waals surface area contributed by atoms with Crippen LogP contribution in [-0.2, 0) is 0 Å². The molecule has 2 rings (SSSR count). The number of benzene rings is 1. The lowest BCUT2D eigenvalue weighted by atomic mass is 9.52. The molecule has 1 aliphatic rings. The van der Waals surface area contributed by atoms with Gasteiger partial charge in [-0.15, -0.1) is 0 Å². The zero-order valence-electron chi connectivity index (χ0n) is 10.0. The van der Waals surface area contributed by atoms with Gasteiger partial charge in [0, 0.05) is 9.61 Å². The third kappa shape index (κ3) is 1.80. The van der Waals surface area contributed by atoms with Crippen LogP contribution in [0.4, 0.5) is 0 Å². The van der Waals surface area contributed by atoms with Crippen molar-refractivity contribution in [3.63, 3.8) is 0 Å². The van der Waals surface area contributed by atoms with E-state index in [0.717, 1.165) is 6.42 Å². The molecule has 0 heterocycles. The van der Waals surface area contributed by atoms with Gasteiger partial charge in [0.25, 0.3) is 0 Å². The summed E-state index contributed by atoms with van der Waals surface area (Å²) in [4.78, 5) is 0. The number of rotatable bonds is 3. The molecule has 1 aromatic carbocycles. The summed E-state index contributed by atoms with van der Waals surface area (Å²) in [5.41, 5.74) is 8.07. The van der Waals surface area contributed by atoms with Crippen molar-refractivity contribution in [2.75, 3.05) is 0 Å². The highest BCUT2D eigenvalue weighted by Gasteiger charge is 2.50. The molecule has 1 aliphatic carbocycles. The van der Waals surface area contributed by atoms with Gasteiger partial charge in [-0.3, -0.25) is 0 Å². The maximum Gasteiger partial charge on any atom is 0.0130 e. The predicted octanol–water partition coefficient (Wildman–Crippen LogP) is 3.91. The van der Waals surface area contributed by atoms with Crippen LogP contribution in [0.5, 0.6) is 0 Å². The molecule has 1 nitrogen and oxygen atoms in total. The second kappa shape index (κ2) is 4.65. The molecular weight excluding hydrogens is 309 g/mol. The lowest BCUT2D eigenvalue weighted by Gasteiger charge is -2.55. The second-order valence-corrected chi connectivity index (χ2v) is 6.13. The van der Waals surface area contributed by atoms with Crippen LogP contribution in [0.3, 0.4) is 0 Å². The molecule has 0 spiro atoms. The lowest BCUT2D eigenvalue weighted by Crippen LogP contribution is -2.55. The zero-order valence-corrected chi connectivity index (χ0v) is 12.2. The van der Waals surface area contributed by atoms with Crippen molar-refractivity contribution < 1.29 is 0 Å². The molecule has 0 bridgehead atoms. The minimum Gasteiger partial charge on any atom is -0.327 e. The van der Waals surface area contributed by atoms with Crippen LogP contribution in [0.15, 0.2) is 24.3 Å². The fourth-order valence-corrected chi connectivity index (χ4v) is 3.61. The standard InChI is InChI=1S/C14H20IN/c1-3-14(4-2)12(9-13(14)16)10-5-7-11(15)8-6-10/h5-8,12-13H,3-4,9,16H2,1-2H3. The Labute approximate surface area is 112 Å². The van der Waals surface area contributed by atoms with E-state index in [2.05, 4.69) is 60.7 Å². The van der Waals surface area contributed by atoms with E-state index in [1.165, 1.54) is 22.0 Å². The van der Waals surface area contributed by atoms with Crippen LogP contribution in [0.25, 0.3) is 0 Å². The van der Waals surface area contributed by atoms with E-state index in [-0.39, 0.29) is 0 Å². The Balaban J connectivity index is 2.26. The van der Waals surface area contributed by atoms with E-state index < -0.39 is 0 Å². The monoisotopic (exact) mass is 329 g/mol. The molecule has 1 aromatic rings. The van der Waals surface area contributed by atoms with Crippen LogP contribution in [0.1, 0.15) is 44.6 Å². The summed E-state index contributed by atoms with van der Waals surface area (Å²) in [6.45, 7) is 4.56. The van der Waals surface area contributed by atoms with E-state index in [4.69, 9.17) is 5.73 Å². The Bertz CT molecular complexity index is 354. The average molecular weight is 329 g/mol. The number of halogens is 1. The Hall–Kier alpha value is -0.0900. The van der Waals surface area contributed by atoms with Crippen LogP contribution >= 0.6 is 22.6 Å². The molecule has 2 unspecified atom stereocenters. The van der Waals surface area contributed by atoms with Crippen LogP contribution in [0, 0.1) is 8.99 Å². The molecule has 0 amide bonds. The molecule has 2 heteroatoms. The van der Waals surface area contributed by atoms with E-state index in [0.29, 0.717) is 17.4 Å². The molecule has 16 heavy (non-hydrogen) atoms. The minimum atomic E-state index is 0.354. The highest BCUT2D eigenvalue weighted by molar-refractivity contribution is 14.1. The van der Waals surface area contributed by atoms with Gasteiger partial charge in [0.1, 0.15) is 0 Å². The van der Waals surface area contributed by atoms with E-state index in [1.54, 1.807) is 0 Å². The molecule has 0 saturated heterocycles. The maximum absolute atomic E-state index is 6.23. The van der Waals surface area contributed by atoms with E-state index in [9.17, 15) is 0 Å². The first kappa shape index (κ1) is 12.4. The molecule has 88 valence electrons. The van der Waals surface area contributed by atoms with Crippen LogP contribution in [-0.4, -0.2) is 6.04 Å². The summed E-state index contributed by atoms with van der Waals surface area (Å²) in [5, 5.41) is 0. The first-order valence-electron chi connectivity index (χ1n) is 6.15. The molecule has 0 radical (unpaired) electrons. The normalized spacial score (nSPS) is 27.5. The van der Waals surface area contributed by atoms with Crippen molar-refractivity contribution in [3.8, 4) is 0 Å². The molecule has 1 fully saturated rings. The van der Waals surface area contributed by atoms with Gasteiger partial charge in [0.15, 0.2) is 0 Å². The average Bonchev–Trinajstić information content (AvgIpc) is 2.29. The van der Waals surface area contributed by atoms with Gasteiger partial charge in [-0.1, -0.05) is 26.0 Å². The summed E-state index contributed by atoms with van der Waals surface area (Å²) in [5.74, 6) is 0.675. The Kier molecular flexibility index (Phi) is 3.59. The summed E-state index contributed by atoms with van der Waals surface area (Å²) in [7, 11) is 0. The molecule has 1 saturated carbocycles. The van der Waals surface area contributed by atoms with Crippen molar-refractivity contribution in [1.82, 2.24) is 0 Å². The molecule has 2 atom stereocenters. The van der Waals surface area contributed by atoms with Crippen LogP contribution < -0.4 is 5.73 Å². The summed E-state index contributed by atoms with van der Waals surface area (Å²) < 4.78 is 1.31. The Morgan fingerprint density at radius 3 is 2.25 bits per heavy atom. The van der Waals surface area contributed by atoms with Crippen LogP contribution in [0.2, 0.25) is 0 Å². The first-order chi connectivity index (χ1) is 7.64. The topological polar surface area (TPSA) is 26.0 Å². The SMILES string of the molecule is CCC1(CC)C(N)CC1c1ccc(I)cc1. The van der Waals surface area contributed by atoms with Crippen molar-refractivity contribution in [3.05, 3.63) is 33.4 Å². The maximum atomic E-state index is 6.23. The summed E-state index contributed by atoms with van der Waals surface area (Å²) in [6.07, 6.45) is 3.55. The second-order valence-electron chi connectivity index (χ2n) is 4.89. The Morgan fingerprint density at radius 1 is 1.25 bits per heavy atom. The highest BCUT2D eigenvalue weighted by Crippen LogP contribution is 2.56. The van der Waals surface area contributed by atoms with Gasteiger partial charge < -0.3 is 5.73 Å². The quantitative estimate of drug-likeness (QED) is 0.836. The summed E-state index contributed by atoms with van der Waals surface area (Å²) >= 11 is 2.36. The molecule has 0 aliphatic heterocycles. The van der Waals surface area contributed by atoms with Gasteiger partial charge >= 0.3 is 0 Å². The molecule has 2 N–H and O–H groups in total.